The van der Waals surface area contributed by atoms with Crippen molar-refractivity contribution in [3.8, 4) is 0 Å². The fraction of sp³-hybridized carbons (Fsp3) is 0.533. The molecule has 1 saturated heterocycles. The maximum absolute atomic E-state index is 12.6. The summed E-state index contributed by atoms with van der Waals surface area (Å²) in [5, 5.41) is 9.38. The van der Waals surface area contributed by atoms with Crippen molar-refractivity contribution in [2.45, 2.75) is 39.2 Å². The third-order valence-corrected chi connectivity index (χ3v) is 4.07. The second-order valence-electron chi connectivity index (χ2n) is 5.29. The van der Waals surface area contributed by atoms with E-state index < -0.39 is 12.0 Å². The van der Waals surface area contributed by atoms with Crippen LogP contribution < -0.4 is 0 Å². The number of likely N-dealkylation sites (tertiary alicyclic amines) is 1. The van der Waals surface area contributed by atoms with Gasteiger partial charge in [0.2, 0.25) is 0 Å². The molecule has 2 unspecified atom stereocenters. The highest BCUT2D eigenvalue weighted by molar-refractivity contribution is 5.97. The number of hydrogen-bond acceptors (Lipinski definition) is 3. The smallest absolute Gasteiger partial charge is 0.326 e. The van der Waals surface area contributed by atoms with Crippen LogP contribution in [0.1, 0.15) is 42.2 Å². The van der Waals surface area contributed by atoms with Crippen molar-refractivity contribution in [3.63, 3.8) is 0 Å². The van der Waals surface area contributed by atoms with Gasteiger partial charge in [-0.2, -0.15) is 0 Å². The SMILES string of the molecule is CCC1CCN(C(=O)c2cccnc2C)C(C(=O)O)C1. The quantitative estimate of drug-likeness (QED) is 0.917. The first-order valence-corrected chi connectivity index (χ1v) is 7.00. The molecule has 5 nitrogen and oxygen atoms in total. The Morgan fingerprint density at radius 1 is 1.50 bits per heavy atom. The van der Waals surface area contributed by atoms with E-state index in [4.69, 9.17) is 0 Å². The van der Waals surface area contributed by atoms with E-state index in [1.165, 1.54) is 4.90 Å². The molecule has 1 aromatic rings. The van der Waals surface area contributed by atoms with E-state index in [0.29, 0.717) is 30.1 Å². The summed E-state index contributed by atoms with van der Waals surface area (Å²) < 4.78 is 0. The van der Waals surface area contributed by atoms with Crippen LogP contribution in [0.15, 0.2) is 18.3 Å². The molecule has 20 heavy (non-hydrogen) atoms. The number of aromatic nitrogens is 1. The summed E-state index contributed by atoms with van der Waals surface area (Å²) in [5.41, 5.74) is 1.13. The molecular formula is C15H20N2O3. The van der Waals surface area contributed by atoms with Crippen LogP contribution in [0.2, 0.25) is 0 Å². The van der Waals surface area contributed by atoms with Gasteiger partial charge in [-0.15, -0.1) is 0 Å². The van der Waals surface area contributed by atoms with Crippen LogP contribution in [0.5, 0.6) is 0 Å². The van der Waals surface area contributed by atoms with E-state index in [1.807, 2.05) is 0 Å². The highest BCUT2D eigenvalue weighted by Crippen LogP contribution is 2.27. The van der Waals surface area contributed by atoms with E-state index in [0.717, 1.165) is 12.8 Å². The van der Waals surface area contributed by atoms with E-state index in [-0.39, 0.29) is 5.91 Å². The zero-order valence-corrected chi connectivity index (χ0v) is 11.9. The number of rotatable bonds is 3. The minimum Gasteiger partial charge on any atom is -0.480 e. The van der Waals surface area contributed by atoms with Gasteiger partial charge in [-0.1, -0.05) is 13.3 Å². The summed E-state index contributed by atoms with van der Waals surface area (Å²) in [7, 11) is 0. The zero-order valence-electron chi connectivity index (χ0n) is 11.9. The summed E-state index contributed by atoms with van der Waals surface area (Å²) in [6.45, 7) is 4.33. The average molecular weight is 276 g/mol. The van der Waals surface area contributed by atoms with Crippen molar-refractivity contribution in [2.75, 3.05) is 6.54 Å². The fourth-order valence-electron chi connectivity index (χ4n) is 2.75. The Morgan fingerprint density at radius 2 is 2.25 bits per heavy atom. The van der Waals surface area contributed by atoms with Crippen molar-refractivity contribution >= 4 is 11.9 Å². The highest BCUT2D eigenvalue weighted by atomic mass is 16.4. The van der Waals surface area contributed by atoms with E-state index in [2.05, 4.69) is 11.9 Å². The van der Waals surface area contributed by atoms with Crippen LogP contribution in [0, 0.1) is 12.8 Å². The predicted molar refractivity (Wildman–Crippen MR) is 74.4 cm³/mol. The maximum Gasteiger partial charge on any atom is 0.326 e. The number of amides is 1. The molecule has 0 bridgehead atoms. The molecule has 1 amide bonds. The first kappa shape index (κ1) is 14.5. The van der Waals surface area contributed by atoms with Crippen molar-refractivity contribution in [3.05, 3.63) is 29.6 Å². The highest BCUT2D eigenvalue weighted by Gasteiger charge is 2.36. The molecule has 0 radical (unpaired) electrons. The molecule has 0 saturated carbocycles. The van der Waals surface area contributed by atoms with Crippen molar-refractivity contribution in [1.82, 2.24) is 9.88 Å². The lowest BCUT2D eigenvalue weighted by Crippen LogP contribution is -2.50. The number of hydrogen-bond donors (Lipinski definition) is 1. The molecule has 1 aliphatic heterocycles. The second kappa shape index (κ2) is 6.03. The average Bonchev–Trinajstić information content (AvgIpc) is 2.46. The summed E-state index contributed by atoms with van der Waals surface area (Å²) in [5.74, 6) is -0.759. The standard InChI is InChI=1S/C15H20N2O3/c1-3-11-6-8-17(13(9-11)15(19)20)14(18)12-5-4-7-16-10(12)2/h4-5,7,11,13H,3,6,8-9H2,1-2H3,(H,19,20). The Morgan fingerprint density at radius 3 is 2.85 bits per heavy atom. The molecule has 2 heterocycles. The molecular weight excluding hydrogens is 256 g/mol. The zero-order chi connectivity index (χ0) is 14.7. The molecule has 5 heteroatoms. The molecule has 1 aromatic heterocycles. The molecule has 0 spiro atoms. The fourth-order valence-corrected chi connectivity index (χ4v) is 2.75. The number of carboxylic acid groups (broad SMARTS) is 1. The second-order valence-corrected chi connectivity index (χ2v) is 5.29. The van der Waals surface area contributed by atoms with E-state index >= 15 is 0 Å². The van der Waals surface area contributed by atoms with Gasteiger partial charge in [0.05, 0.1) is 5.56 Å². The van der Waals surface area contributed by atoms with E-state index in [1.54, 1.807) is 25.3 Å². The first-order valence-electron chi connectivity index (χ1n) is 7.00. The van der Waals surface area contributed by atoms with Crippen LogP contribution >= 0.6 is 0 Å². The Labute approximate surface area is 118 Å². The summed E-state index contributed by atoms with van der Waals surface area (Å²) in [6.07, 6.45) is 3.99. The van der Waals surface area contributed by atoms with Gasteiger partial charge in [0.25, 0.3) is 5.91 Å². The van der Waals surface area contributed by atoms with Gasteiger partial charge >= 0.3 is 5.97 Å². The topological polar surface area (TPSA) is 70.5 Å². The number of carbonyl (C=O) groups is 2. The minimum absolute atomic E-state index is 0.224. The molecule has 1 N–H and O–H groups in total. The number of pyridine rings is 1. The number of aryl methyl sites for hydroxylation is 1. The van der Waals surface area contributed by atoms with Crippen LogP contribution in [0.4, 0.5) is 0 Å². The van der Waals surface area contributed by atoms with Gasteiger partial charge in [0, 0.05) is 18.4 Å². The minimum atomic E-state index is -0.918. The lowest BCUT2D eigenvalue weighted by molar-refractivity contribution is -0.144. The van der Waals surface area contributed by atoms with Gasteiger partial charge in [-0.25, -0.2) is 4.79 Å². The maximum atomic E-state index is 12.6. The Bertz CT molecular complexity index is 516. The summed E-state index contributed by atoms with van der Waals surface area (Å²) >= 11 is 0. The van der Waals surface area contributed by atoms with Crippen molar-refractivity contribution in [2.24, 2.45) is 5.92 Å². The van der Waals surface area contributed by atoms with Crippen LogP contribution in [0.3, 0.4) is 0 Å². The number of aliphatic carboxylic acids is 1. The number of carboxylic acids is 1. The normalized spacial score (nSPS) is 22.6. The van der Waals surface area contributed by atoms with E-state index in [9.17, 15) is 14.7 Å². The van der Waals surface area contributed by atoms with Gasteiger partial charge in [-0.3, -0.25) is 9.78 Å². The Kier molecular flexibility index (Phi) is 4.37. The molecule has 0 aliphatic carbocycles. The number of carbonyl (C=O) groups excluding carboxylic acids is 1. The van der Waals surface area contributed by atoms with Gasteiger partial charge in [0.15, 0.2) is 0 Å². The lowest BCUT2D eigenvalue weighted by Gasteiger charge is -2.37. The van der Waals surface area contributed by atoms with Crippen molar-refractivity contribution < 1.29 is 14.7 Å². The molecule has 2 atom stereocenters. The summed E-state index contributed by atoms with van der Waals surface area (Å²) in [6, 6.07) is 2.69. The monoisotopic (exact) mass is 276 g/mol. The van der Waals surface area contributed by atoms with Crippen LogP contribution in [-0.4, -0.2) is 39.5 Å². The van der Waals surface area contributed by atoms with Gasteiger partial charge in [-0.05, 0) is 37.8 Å². The predicted octanol–water partition coefficient (Wildman–Crippen LogP) is 2.11. The Balaban J connectivity index is 2.24. The summed E-state index contributed by atoms with van der Waals surface area (Å²) in [4.78, 5) is 29.6. The van der Waals surface area contributed by atoms with Gasteiger partial charge in [0.1, 0.15) is 6.04 Å². The van der Waals surface area contributed by atoms with Gasteiger partial charge < -0.3 is 10.0 Å². The van der Waals surface area contributed by atoms with Crippen LogP contribution in [0.25, 0.3) is 0 Å². The Hall–Kier alpha value is -1.91. The van der Waals surface area contributed by atoms with Crippen LogP contribution in [-0.2, 0) is 4.79 Å². The first-order chi connectivity index (χ1) is 9.54. The van der Waals surface area contributed by atoms with Crippen molar-refractivity contribution in [1.29, 1.82) is 0 Å². The molecule has 0 aromatic carbocycles. The largest absolute Gasteiger partial charge is 0.480 e. The molecule has 1 aliphatic rings. The number of nitrogens with zero attached hydrogens (tertiary/aromatic N) is 2. The molecule has 2 rings (SSSR count). The third kappa shape index (κ3) is 2.81. The lowest BCUT2D eigenvalue weighted by atomic mass is 9.88. The molecule has 1 fully saturated rings. The number of piperidine rings is 1. The third-order valence-electron chi connectivity index (χ3n) is 4.07. The molecule has 108 valence electrons.